The molecule has 0 spiro atoms. The van der Waals surface area contributed by atoms with Crippen molar-refractivity contribution in [1.29, 1.82) is 0 Å². The van der Waals surface area contributed by atoms with Gasteiger partial charge in [-0.25, -0.2) is 0 Å². The molecule has 0 bridgehead atoms. The fourth-order valence-electron chi connectivity index (χ4n) is 2.66. The molecule has 0 unspecified atom stereocenters. The van der Waals surface area contributed by atoms with Crippen molar-refractivity contribution in [2.45, 2.75) is 13.2 Å². The lowest BCUT2D eigenvalue weighted by Crippen LogP contribution is -2.30. The number of furan rings is 1. The zero-order valence-corrected chi connectivity index (χ0v) is 16.6. The van der Waals surface area contributed by atoms with E-state index in [4.69, 9.17) is 9.15 Å². The molecular weight excluding hydrogens is 410 g/mol. The number of alkyl halides is 2. The Morgan fingerprint density at radius 1 is 1.06 bits per heavy atom. The third-order valence-electron chi connectivity index (χ3n) is 4.19. The van der Waals surface area contributed by atoms with Gasteiger partial charge in [-0.2, -0.15) is 8.78 Å². The van der Waals surface area contributed by atoms with Crippen molar-refractivity contribution in [3.63, 3.8) is 0 Å². The highest BCUT2D eigenvalue weighted by Gasteiger charge is 2.12. The number of anilines is 1. The molecule has 3 rings (SSSR count). The second-order valence-corrected chi connectivity index (χ2v) is 6.52. The van der Waals surface area contributed by atoms with Gasteiger partial charge in [-0.15, -0.1) is 0 Å². The van der Waals surface area contributed by atoms with Gasteiger partial charge in [-0.05, 0) is 42.0 Å². The van der Waals surface area contributed by atoms with Crippen molar-refractivity contribution in [3.8, 4) is 11.5 Å². The summed E-state index contributed by atoms with van der Waals surface area (Å²) in [6.45, 7) is -2.82. The fourth-order valence-corrected chi connectivity index (χ4v) is 2.66. The Morgan fingerprint density at radius 3 is 2.52 bits per heavy atom. The summed E-state index contributed by atoms with van der Waals surface area (Å²) < 4.78 is 39.3. The summed E-state index contributed by atoms with van der Waals surface area (Å²) in [5.41, 5.74) is 1.24. The number of nitrogens with one attached hydrogen (secondary N) is 1. The molecule has 1 heterocycles. The standard InChI is InChI=1S/C22H20F2N2O5/c1-26(13-15-7-9-17(10-8-15)31-22(23)24)20(27)14-30-18-5-2-4-16(12-18)25-21(28)19-6-3-11-29-19/h2-12,22H,13-14H2,1H3,(H,25,28). The molecule has 3 aromatic rings. The summed E-state index contributed by atoms with van der Waals surface area (Å²) in [5, 5.41) is 2.68. The topological polar surface area (TPSA) is 81.0 Å². The van der Waals surface area contributed by atoms with Crippen LogP contribution in [0.25, 0.3) is 0 Å². The maximum Gasteiger partial charge on any atom is 0.387 e. The Kier molecular flexibility index (Phi) is 7.21. The van der Waals surface area contributed by atoms with Crippen LogP contribution in [0.3, 0.4) is 0 Å². The lowest BCUT2D eigenvalue weighted by molar-refractivity contribution is -0.132. The monoisotopic (exact) mass is 430 g/mol. The van der Waals surface area contributed by atoms with E-state index in [2.05, 4.69) is 10.1 Å². The van der Waals surface area contributed by atoms with Crippen LogP contribution in [0.4, 0.5) is 14.5 Å². The van der Waals surface area contributed by atoms with E-state index >= 15 is 0 Å². The number of hydrogen-bond donors (Lipinski definition) is 1. The highest BCUT2D eigenvalue weighted by Crippen LogP contribution is 2.19. The molecule has 31 heavy (non-hydrogen) atoms. The number of ether oxygens (including phenoxy) is 2. The first-order valence-corrected chi connectivity index (χ1v) is 9.26. The number of halogens is 2. The first kappa shape index (κ1) is 21.8. The summed E-state index contributed by atoms with van der Waals surface area (Å²) in [7, 11) is 1.61. The van der Waals surface area contributed by atoms with Crippen LogP contribution in [-0.4, -0.2) is 37.0 Å². The molecule has 9 heteroatoms. The number of benzene rings is 2. The van der Waals surface area contributed by atoms with Gasteiger partial charge in [-0.3, -0.25) is 9.59 Å². The van der Waals surface area contributed by atoms with E-state index in [-0.39, 0.29) is 30.6 Å². The fraction of sp³-hybridized carbons (Fsp3) is 0.182. The average molecular weight is 430 g/mol. The third kappa shape index (κ3) is 6.56. The lowest BCUT2D eigenvalue weighted by atomic mass is 10.2. The summed E-state index contributed by atoms with van der Waals surface area (Å²) in [6.07, 6.45) is 1.40. The second kappa shape index (κ2) is 10.2. The molecule has 0 saturated carbocycles. The van der Waals surface area contributed by atoms with Gasteiger partial charge in [-0.1, -0.05) is 18.2 Å². The van der Waals surface area contributed by atoms with E-state index in [1.54, 1.807) is 55.6 Å². The molecule has 2 amide bonds. The normalized spacial score (nSPS) is 10.6. The van der Waals surface area contributed by atoms with E-state index in [0.717, 1.165) is 5.56 Å². The van der Waals surface area contributed by atoms with Crippen LogP contribution in [-0.2, 0) is 11.3 Å². The largest absolute Gasteiger partial charge is 0.484 e. The number of likely N-dealkylation sites (N-methyl/N-ethyl adjacent to an activating group) is 1. The molecule has 1 N–H and O–H groups in total. The minimum Gasteiger partial charge on any atom is -0.484 e. The molecule has 0 aliphatic rings. The molecule has 0 fully saturated rings. The van der Waals surface area contributed by atoms with Crippen LogP contribution < -0.4 is 14.8 Å². The molecule has 0 saturated heterocycles. The van der Waals surface area contributed by atoms with Gasteiger partial charge in [0, 0.05) is 25.3 Å². The van der Waals surface area contributed by atoms with Crippen LogP contribution in [0.1, 0.15) is 16.1 Å². The number of nitrogens with zero attached hydrogens (tertiary/aromatic N) is 1. The number of rotatable bonds is 9. The van der Waals surface area contributed by atoms with E-state index in [9.17, 15) is 18.4 Å². The first-order chi connectivity index (χ1) is 14.9. The van der Waals surface area contributed by atoms with Gasteiger partial charge < -0.3 is 24.1 Å². The van der Waals surface area contributed by atoms with Crippen LogP contribution in [0.15, 0.2) is 71.3 Å². The molecule has 2 aromatic carbocycles. The number of amides is 2. The zero-order valence-electron chi connectivity index (χ0n) is 16.6. The Labute approximate surface area is 177 Å². The van der Waals surface area contributed by atoms with Gasteiger partial charge in [0.15, 0.2) is 12.4 Å². The van der Waals surface area contributed by atoms with Crippen molar-refractivity contribution < 1.29 is 32.3 Å². The summed E-state index contributed by atoms with van der Waals surface area (Å²) >= 11 is 0. The predicted octanol–water partition coefficient (Wildman–Crippen LogP) is 4.17. The Morgan fingerprint density at radius 2 is 1.84 bits per heavy atom. The zero-order chi connectivity index (χ0) is 22.2. The van der Waals surface area contributed by atoms with Crippen LogP contribution >= 0.6 is 0 Å². The molecule has 0 atom stereocenters. The highest BCUT2D eigenvalue weighted by molar-refractivity contribution is 6.02. The maximum absolute atomic E-state index is 12.3. The summed E-state index contributed by atoms with van der Waals surface area (Å²) in [5.74, 6) is -0.0413. The summed E-state index contributed by atoms with van der Waals surface area (Å²) in [6, 6.07) is 15.8. The van der Waals surface area contributed by atoms with Gasteiger partial charge in [0.25, 0.3) is 11.8 Å². The molecular formula is C22H20F2N2O5. The van der Waals surface area contributed by atoms with Crippen molar-refractivity contribution in [2.75, 3.05) is 19.0 Å². The number of carbonyl (C=O) groups excluding carboxylic acids is 2. The minimum absolute atomic E-state index is 0.0510. The minimum atomic E-state index is -2.88. The molecule has 0 aliphatic carbocycles. The Bertz CT molecular complexity index is 1010. The summed E-state index contributed by atoms with van der Waals surface area (Å²) in [4.78, 5) is 25.8. The van der Waals surface area contributed by atoms with E-state index in [0.29, 0.717) is 11.4 Å². The van der Waals surface area contributed by atoms with Gasteiger partial charge in [0.05, 0.1) is 6.26 Å². The average Bonchev–Trinajstić information content (AvgIpc) is 3.28. The van der Waals surface area contributed by atoms with Crippen molar-refractivity contribution in [3.05, 3.63) is 78.3 Å². The Hall–Kier alpha value is -3.88. The smallest absolute Gasteiger partial charge is 0.387 e. The van der Waals surface area contributed by atoms with Gasteiger partial charge in [0.1, 0.15) is 11.5 Å². The van der Waals surface area contributed by atoms with Crippen LogP contribution in [0.2, 0.25) is 0 Å². The quantitative estimate of drug-likeness (QED) is 0.551. The Balaban J connectivity index is 1.50. The molecule has 162 valence electrons. The van der Waals surface area contributed by atoms with Crippen LogP contribution in [0, 0.1) is 0 Å². The SMILES string of the molecule is CN(Cc1ccc(OC(F)F)cc1)C(=O)COc1cccc(NC(=O)c2ccco2)c1. The molecule has 0 radical (unpaired) electrons. The van der Waals surface area contributed by atoms with E-state index in [1.165, 1.54) is 23.3 Å². The van der Waals surface area contributed by atoms with Crippen molar-refractivity contribution in [2.24, 2.45) is 0 Å². The van der Waals surface area contributed by atoms with Crippen molar-refractivity contribution >= 4 is 17.5 Å². The van der Waals surface area contributed by atoms with Crippen LogP contribution in [0.5, 0.6) is 11.5 Å². The third-order valence-corrected chi connectivity index (χ3v) is 4.19. The second-order valence-electron chi connectivity index (χ2n) is 6.52. The van der Waals surface area contributed by atoms with E-state index < -0.39 is 12.5 Å². The maximum atomic E-state index is 12.3. The van der Waals surface area contributed by atoms with Gasteiger partial charge >= 0.3 is 6.61 Å². The highest BCUT2D eigenvalue weighted by atomic mass is 19.3. The lowest BCUT2D eigenvalue weighted by Gasteiger charge is -2.18. The predicted molar refractivity (Wildman–Crippen MR) is 108 cm³/mol. The molecule has 1 aromatic heterocycles. The number of hydrogen-bond acceptors (Lipinski definition) is 5. The number of carbonyl (C=O) groups is 2. The van der Waals surface area contributed by atoms with Gasteiger partial charge in [0.2, 0.25) is 0 Å². The van der Waals surface area contributed by atoms with E-state index in [1.807, 2.05) is 0 Å². The van der Waals surface area contributed by atoms with Crippen molar-refractivity contribution in [1.82, 2.24) is 4.90 Å². The first-order valence-electron chi connectivity index (χ1n) is 9.26. The molecule has 0 aliphatic heterocycles. The molecule has 7 nitrogen and oxygen atoms in total.